The Labute approximate surface area is 122 Å². The Morgan fingerprint density at radius 2 is 2.14 bits per heavy atom. The van der Waals surface area contributed by atoms with Crippen LogP contribution in [0.25, 0.3) is 5.70 Å². The number of esters is 1. The van der Waals surface area contributed by atoms with Gasteiger partial charge in [0.2, 0.25) is 5.95 Å². The number of carbonyl (C=O) groups is 1. The van der Waals surface area contributed by atoms with Crippen molar-refractivity contribution in [1.82, 2.24) is 14.8 Å². The van der Waals surface area contributed by atoms with Gasteiger partial charge in [-0.15, -0.1) is 0 Å². The molecular formula is C15H16N4O2. The van der Waals surface area contributed by atoms with Gasteiger partial charge in [-0.1, -0.05) is 30.3 Å². The third kappa shape index (κ3) is 2.29. The molecule has 1 aliphatic rings. The molecular weight excluding hydrogens is 268 g/mol. The van der Waals surface area contributed by atoms with E-state index in [1.165, 1.54) is 6.33 Å². The van der Waals surface area contributed by atoms with Crippen LogP contribution in [0.5, 0.6) is 0 Å². The second-order valence-electron chi connectivity index (χ2n) is 4.70. The molecule has 1 aromatic carbocycles. The highest BCUT2D eigenvalue weighted by Gasteiger charge is 2.31. The van der Waals surface area contributed by atoms with Crippen LogP contribution in [-0.4, -0.2) is 27.3 Å². The van der Waals surface area contributed by atoms with E-state index in [-0.39, 0.29) is 12.0 Å². The number of ether oxygens (including phenoxy) is 1. The summed E-state index contributed by atoms with van der Waals surface area (Å²) in [6.07, 6.45) is 1.47. The first kappa shape index (κ1) is 13.4. The lowest BCUT2D eigenvalue weighted by Gasteiger charge is -2.26. The standard InChI is InChI=1S/C15H16N4O2/c1-3-21-14(20)12-10(2)19-15(16-9-17-19)18-13(12)11-7-5-4-6-8-11/h4-10H,3H2,1-2H3,(H,16,17,18)/t10-/m0/s1. The lowest BCUT2D eigenvalue weighted by Crippen LogP contribution is -2.27. The topological polar surface area (TPSA) is 69.0 Å². The third-order valence-corrected chi connectivity index (χ3v) is 3.42. The number of hydrogen-bond acceptors (Lipinski definition) is 5. The second kappa shape index (κ2) is 5.40. The van der Waals surface area contributed by atoms with Crippen molar-refractivity contribution >= 4 is 17.6 Å². The average Bonchev–Trinajstić information content (AvgIpc) is 2.97. The number of nitrogens with one attached hydrogen (secondary N) is 1. The van der Waals surface area contributed by atoms with Gasteiger partial charge in [0.25, 0.3) is 0 Å². The Balaban J connectivity index is 2.13. The van der Waals surface area contributed by atoms with Gasteiger partial charge in [0.05, 0.1) is 23.9 Å². The first-order valence-electron chi connectivity index (χ1n) is 6.85. The van der Waals surface area contributed by atoms with Crippen LogP contribution >= 0.6 is 0 Å². The molecule has 2 aromatic rings. The van der Waals surface area contributed by atoms with Gasteiger partial charge in [-0.3, -0.25) is 0 Å². The largest absolute Gasteiger partial charge is 0.463 e. The summed E-state index contributed by atoms with van der Waals surface area (Å²) in [4.78, 5) is 16.5. The van der Waals surface area contributed by atoms with Crippen LogP contribution in [0.4, 0.5) is 5.95 Å². The highest BCUT2D eigenvalue weighted by atomic mass is 16.5. The summed E-state index contributed by atoms with van der Waals surface area (Å²) in [5, 5.41) is 7.34. The Hall–Kier alpha value is -2.63. The van der Waals surface area contributed by atoms with E-state index in [0.717, 1.165) is 11.3 Å². The van der Waals surface area contributed by atoms with E-state index in [0.29, 0.717) is 18.1 Å². The maximum Gasteiger partial charge on any atom is 0.338 e. The zero-order valence-corrected chi connectivity index (χ0v) is 11.9. The van der Waals surface area contributed by atoms with E-state index < -0.39 is 0 Å². The minimum absolute atomic E-state index is 0.238. The van der Waals surface area contributed by atoms with E-state index in [1.54, 1.807) is 11.6 Å². The number of hydrogen-bond donors (Lipinski definition) is 1. The summed E-state index contributed by atoms with van der Waals surface area (Å²) in [6.45, 7) is 4.04. The molecule has 6 nitrogen and oxygen atoms in total. The number of anilines is 1. The van der Waals surface area contributed by atoms with E-state index in [1.807, 2.05) is 37.3 Å². The molecule has 1 atom stereocenters. The van der Waals surface area contributed by atoms with Crippen molar-refractivity contribution in [1.29, 1.82) is 0 Å². The Bertz CT molecular complexity index is 691. The summed E-state index contributed by atoms with van der Waals surface area (Å²) in [5.74, 6) is 0.284. The molecule has 1 aliphatic heterocycles. The summed E-state index contributed by atoms with van der Waals surface area (Å²) in [5.41, 5.74) is 2.20. The van der Waals surface area contributed by atoms with Gasteiger partial charge in [0.1, 0.15) is 6.33 Å². The Morgan fingerprint density at radius 1 is 1.38 bits per heavy atom. The van der Waals surface area contributed by atoms with Crippen LogP contribution in [0.15, 0.2) is 42.2 Å². The molecule has 1 N–H and O–H groups in total. The molecule has 108 valence electrons. The Kier molecular flexibility index (Phi) is 3.43. The molecule has 0 amide bonds. The van der Waals surface area contributed by atoms with Crippen molar-refractivity contribution in [2.45, 2.75) is 19.9 Å². The molecule has 0 aliphatic carbocycles. The molecule has 21 heavy (non-hydrogen) atoms. The lowest BCUT2D eigenvalue weighted by atomic mass is 9.99. The first-order valence-corrected chi connectivity index (χ1v) is 6.85. The monoisotopic (exact) mass is 284 g/mol. The predicted molar refractivity (Wildman–Crippen MR) is 78.4 cm³/mol. The quantitative estimate of drug-likeness (QED) is 0.875. The Morgan fingerprint density at radius 3 is 2.86 bits per heavy atom. The molecule has 0 radical (unpaired) electrons. The number of fused-ring (bicyclic) bond motifs is 1. The van der Waals surface area contributed by atoms with Crippen molar-refractivity contribution < 1.29 is 9.53 Å². The summed E-state index contributed by atoms with van der Waals surface area (Å²) in [7, 11) is 0. The number of benzene rings is 1. The number of rotatable bonds is 3. The molecule has 0 spiro atoms. The molecule has 0 saturated heterocycles. The van der Waals surface area contributed by atoms with Crippen molar-refractivity contribution in [3.63, 3.8) is 0 Å². The van der Waals surface area contributed by atoms with E-state index in [9.17, 15) is 4.79 Å². The normalized spacial score (nSPS) is 17.1. The third-order valence-electron chi connectivity index (χ3n) is 3.42. The van der Waals surface area contributed by atoms with Crippen LogP contribution < -0.4 is 5.32 Å². The van der Waals surface area contributed by atoms with E-state index in [2.05, 4.69) is 15.4 Å². The van der Waals surface area contributed by atoms with Crippen LogP contribution in [0.1, 0.15) is 25.5 Å². The van der Waals surface area contributed by atoms with Crippen molar-refractivity contribution in [3.8, 4) is 0 Å². The van der Waals surface area contributed by atoms with Crippen LogP contribution in [0.2, 0.25) is 0 Å². The highest BCUT2D eigenvalue weighted by Crippen LogP contribution is 2.34. The minimum atomic E-state index is -0.336. The van der Waals surface area contributed by atoms with Gasteiger partial charge in [-0.25, -0.2) is 9.48 Å². The fourth-order valence-electron chi connectivity index (χ4n) is 2.45. The van der Waals surface area contributed by atoms with Gasteiger partial charge < -0.3 is 10.1 Å². The van der Waals surface area contributed by atoms with Crippen molar-refractivity contribution in [2.24, 2.45) is 0 Å². The highest BCUT2D eigenvalue weighted by molar-refractivity contribution is 6.01. The lowest BCUT2D eigenvalue weighted by molar-refractivity contribution is -0.139. The maximum absolute atomic E-state index is 12.3. The summed E-state index contributed by atoms with van der Waals surface area (Å²) >= 11 is 0. The van der Waals surface area contributed by atoms with Gasteiger partial charge >= 0.3 is 5.97 Å². The van der Waals surface area contributed by atoms with Crippen molar-refractivity contribution in [2.75, 3.05) is 11.9 Å². The fraction of sp³-hybridized carbons (Fsp3) is 0.267. The van der Waals surface area contributed by atoms with Crippen LogP contribution in [0, 0.1) is 0 Å². The van der Waals surface area contributed by atoms with Gasteiger partial charge in [0, 0.05) is 0 Å². The fourth-order valence-corrected chi connectivity index (χ4v) is 2.45. The molecule has 0 bridgehead atoms. The van der Waals surface area contributed by atoms with Crippen LogP contribution in [-0.2, 0) is 9.53 Å². The predicted octanol–water partition coefficient (Wildman–Crippen LogP) is 2.24. The molecule has 2 heterocycles. The smallest absolute Gasteiger partial charge is 0.338 e. The molecule has 1 aromatic heterocycles. The number of nitrogens with zero attached hydrogens (tertiary/aromatic N) is 3. The second-order valence-corrected chi connectivity index (χ2v) is 4.70. The summed E-state index contributed by atoms with van der Waals surface area (Å²) < 4.78 is 6.88. The number of carbonyl (C=O) groups excluding carboxylic acids is 1. The average molecular weight is 284 g/mol. The van der Waals surface area contributed by atoms with Crippen molar-refractivity contribution in [3.05, 3.63) is 47.8 Å². The zero-order valence-electron chi connectivity index (χ0n) is 11.9. The van der Waals surface area contributed by atoms with E-state index in [4.69, 9.17) is 4.74 Å². The van der Waals surface area contributed by atoms with Crippen LogP contribution in [0.3, 0.4) is 0 Å². The summed E-state index contributed by atoms with van der Waals surface area (Å²) in [6, 6.07) is 9.44. The van der Waals surface area contributed by atoms with Gasteiger partial charge in [0.15, 0.2) is 0 Å². The molecule has 3 rings (SSSR count). The maximum atomic E-state index is 12.3. The first-order chi connectivity index (χ1) is 10.2. The van der Waals surface area contributed by atoms with E-state index >= 15 is 0 Å². The molecule has 0 unspecified atom stereocenters. The van der Waals surface area contributed by atoms with Gasteiger partial charge in [-0.05, 0) is 19.4 Å². The van der Waals surface area contributed by atoms with Gasteiger partial charge in [-0.2, -0.15) is 10.1 Å². The molecule has 6 heteroatoms. The molecule has 0 saturated carbocycles. The SMILES string of the molecule is CCOC(=O)C1=C(c2ccccc2)Nc2ncnn2[C@H]1C. The minimum Gasteiger partial charge on any atom is -0.463 e. The number of aromatic nitrogens is 3. The molecule has 0 fully saturated rings. The zero-order chi connectivity index (χ0) is 14.8.